The molecule has 9 rings (SSSR count). The number of ketones is 1. The summed E-state index contributed by atoms with van der Waals surface area (Å²) in [5.41, 5.74) is -0.688. The number of rotatable bonds is 12. The quantitative estimate of drug-likeness (QED) is 0.0460. The van der Waals surface area contributed by atoms with E-state index >= 15 is 4.39 Å². The summed E-state index contributed by atoms with van der Waals surface area (Å²) in [7, 11) is 1.40. The second-order valence-corrected chi connectivity index (χ2v) is 22.1. The first kappa shape index (κ1) is 61.2. The number of nitrogens with zero attached hydrogens (tertiary/aromatic N) is 2. The largest absolute Gasteiger partial charge is 0.507 e. The Bertz CT molecular complexity index is 3640. The third-order valence-electron chi connectivity index (χ3n) is 16.1. The molecule has 1 saturated heterocycles. The number of halogens is 2. The van der Waals surface area contributed by atoms with Gasteiger partial charge in [0.05, 0.1) is 58.1 Å². The smallest absolute Gasteiger partial charge is 0.312 e. The Labute approximate surface area is 505 Å². The highest BCUT2D eigenvalue weighted by Crippen LogP contribution is 2.54. The van der Waals surface area contributed by atoms with Gasteiger partial charge in [-0.25, -0.2) is 8.78 Å². The number of amides is 4. The van der Waals surface area contributed by atoms with Crippen molar-refractivity contribution < 1.29 is 84.4 Å². The van der Waals surface area contributed by atoms with Crippen molar-refractivity contribution in [2.75, 3.05) is 55.4 Å². The summed E-state index contributed by atoms with van der Waals surface area (Å²) in [6, 6.07) is 15.3. The van der Waals surface area contributed by atoms with Crippen LogP contribution in [0.5, 0.6) is 23.0 Å². The van der Waals surface area contributed by atoms with E-state index in [1.165, 1.54) is 113 Å². The van der Waals surface area contributed by atoms with Gasteiger partial charge in [0, 0.05) is 103 Å². The Morgan fingerprint density at radius 2 is 1.56 bits per heavy atom. The molecular formula is C65H73F2N5O15. The lowest BCUT2D eigenvalue weighted by molar-refractivity contribution is -0.160. The number of hydrogen-bond acceptors (Lipinski definition) is 16. The van der Waals surface area contributed by atoms with E-state index in [0.29, 0.717) is 0 Å². The molecule has 87 heavy (non-hydrogen) atoms. The number of nitrogens with one attached hydrogen (secondary N) is 3. The van der Waals surface area contributed by atoms with Gasteiger partial charge in [0.2, 0.25) is 5.91 Å². The number of aliphatic hydroxyl groups excluding tert-OH is 2. The van der Waals surface area contributed by atoms with Crippen molar-refractivity contribution >= 4 is 63.2 Å². The third kappa shape index (κ3) is 14.0. The molecule has 462 valence electrons. The molecule has 4 amide bonds. The summed E-state index contributed by atoms with van der Waals surface area (Å²) in [5.74, 6) is -13.2. The first-order valence-electron chi connectivity index (χ1n) is 29.3. The number of benzene rings is 5. The average Bonchev–Trinajstić information content (AvgIpc) is 1.63. The zero-order valence-corrected chi connectivity index (χ0v) is 49.6. The predicted octanol–water partition coefficient (Wildman–Crippen LogP) is 8.03. The van der Waals surface area contributed by atoms with E-state index in [1.807, 2.05) is 0 Å². The maximum Gasteiger partial charge on any atom is 0.312 e. The summed E-state index contributed by atoms with van der Waals surface area (Å²) in [4.78, 5) is 86.5. The monoisotopic (exact) mass is 1200 g/mol. The number of allylic oxidation sites excluding steroid dienone is 2. The van der Waals surface area contributed by atoms with Crippen molar-refractivity contribution in [3.8, 4) is 23.0 Å². The van der Waals surface area contributed by atoms with Gasteiger partial charge in [-0.2, -0.15) is 0 Å². The van der Waals surface area contributed by atoms with Crippen molar-refractivity contribution in [3.63, 3.8) is 0 Å². The van der Waals surface area contributed by atoms with E-state index in [2.05, 4.69) is 16.0 Å². The van der Waals surface area contributed by atoms with Crippen LogP contribution in [-0.4, -0.2) is 137 Å². The number of esters is 1. The van der Waals surface area contributed by atoms with Crippen LogP contribution < -0.4 is 30.3 Å². The molecular weight excluding hydrogens is 1130 g/mol. The minimum absolute atomic E-state index is 0.00989. The van der Waals surface area contributed by atoms with E-state index in [1.54, 1.807) is 44.7 Å². The number of phenolic OH excluding ortho intramolecular Hbond substituents is 2. The molecule has 1 unspecified atom stereocenters. The lowest BCUT2D eigenvalue weighted by Gasteiger charge is -2.38. The Morgan fingerprint density at radius 3 is 2.24 bits per heavy atom. The van der Waals surface area contributed by atoms with Crippen molar-refractivity contribution in [3.05, 3.63) is 149 Å². The molecule has 0 saturated carbocycles. The number of Topliss-reactive ketones (excluding diaryl/α,β-unsaturated/α-hetero) is 1. The highest BCUT2D eigenvalue weighted by molar-refractivity contribution is 6.21. The maximum atomic E-state index is 15.1. The topological polar surface area (TPSA) is 272 Å². The van der Waals surface area contributed by atoms with Crippen LogP contribution in [0.1, 0.15) is 83.1 Å². The van der Waals surface area contributed by atoms with Crippen LogP contribution in [0.2, 0.25) is 0 Å². The van der Waals surface area contributed by atoms with E-state index in [9.17, 15) is 53.6 Å². The lowest BCUT2D eigenvalue weighted by Crippen LogP contribution is -2.50. The molecule has 0 aromatic heterocycles. The number of phenols is 2. The molecule has 5 aromatic carbocycles. The number of aliphatic hydroxyl groups is 2. The standard InChI is InChI=1S/C65H73F2N5O15/c1-34-16-15-17-35(2)62(80)69-46-32-50(52-53(58(46)78)57(77)39(6)60-54(52)61(79)65(8,87-60)85-29-24-49(83-9)36(3)59(86-40(7)73)38(5)56(76)37(4)55(34)75)84-33-51(74)72-27-25-71(26-28-72)48-23-22-42(66)31-45(48)68-64(82)47(30-41-18-11-10-12-19-41)70-63(81)43-20-13-14-21-44(43)67/h10-24,29,31-32,34,36-38,47,49,55-56,59,75-78H,25-28,30,33H2,1-9H3,(H,68,82)(H,69,80)(H,70,81)/b16-15+,29-24+,35-17-/t34-,36+,37+,38+,47?,49-,55-,56+,59+,65-/m0/s1/i30D2. The van der Waals surface area contributed by atoms with Crippen LogP contribution >= 0.6 is 0 Å². The molecule has 22 heteroatoms. The van der Waals surface area contributed by atoms with Gasteiger partial charge in [-0.3, -0.25) is 28.8 Å². The van der Waals surface area contributed by atoms with Crippen molar-refractivity contribution in [1.29, 1.82) is 0 Å². The minimum atomic E-state index is -2.59. The third-order valence-corrected chi connectivity index (χ3v) is 16.1. The summed E-state index contributed by atoms with van der Waals surface area (Å²) in [5, 5.41) is 54.0. The van der Waals surface area contributed by atoms with Crippen LogP contribution in [0.15, 0.2) is 115 Å². The van der Waals surface area contributed by atoms with E-state index in [-0.39, 0.29) is 87.8 Å². The van der Waals surface area contributed by atoms with Gasteiger partial charge in [-0.1, -0.05) is 88.4 Å². The second kappa shape index (κ2) is 27.2. The fourth-order valence-corrected chi connectivity index (χ4v) is 11.0. The zero-order valence-electron chi connectivity index (χ0n) is 51.6. The Balaban J connectivity index is 1.08. The number of piperazine rings is 1. The highest BCUT2D eigenvalue weighted by Gasteiger charge is 2.50. The molecule has 0 aliphatic carbocycles. The van der Waals surface area contributed by atoms with Crippen LogP contribution in [0.3, 0.4) is 0 Å². The Hall–Kier alpha value is -8.86. The first-order valence-corrected chi connectivity index (χ1v) is 28.3. The molecule has 20 nitrogen and oxygen atoms in total. The summed E-state index contributed by atoms with van der Waals surface area (Å²) in [6.45, 7) is 11.7. The van der Waals surface area contributed by atoms with Gasteiger partial charge in [0.1, 0.15) is 41.0 Å². The molecule has 7 N–H and O–H groups in total. The summed E-state index contributed by atoms with van der Waals surface area (Å²) < 4.78 is 78.2. The number of carbonyl (C=O) groups is 6. The van der Waals surface area contributed by atoms with Gasteiger partial charge in [0.15, 0.2) is 12.4 Å². The number of aromatic hydroxyl groups is 2. The van der Waals surface area contributed by atoms with Crippen LogP contribution in [0.4, 0.5) is 25.8 Å². The van der Waals surface area contributed by atoms with E-state index < -0.39 is 137 Å². The summed E-state index contributed by atoms with van der Waals surface area (Å²) >= 11 is 0. The summed E-state index contributed by atoms with van der Waals surface area (Å²) in [6.07, 6.45) is 0.476. The molecule has 4 aliphatic rings. The number of fused-ring (bicyclic) bond motifs is 14. The maximum absolute atomic E-state index is 15.1. The highest BCUT2D eigenvalue weighted by atomic mass is 19.1. The Kier molecular flexibility index (Phi) is 19.2. The fraction of sp³-hybridized carbons (Fsp3) is 0.385. The first-order chi connectivity index (χ1) is 42.1. The molecule has 4 aliphatic heterocycles. The molecule has 5 aromatic rings. The van der Waals surface area contributed by atoms with Gasteiger partial charge < -0.3 is 69.9 Å². The van der Waals surface area contributed by atoms with Gasteiger partial charge in [-0.05, 0) is 55.8 Å². The molecule has 4 heterocycles. The van der Waals surface area contributed by atoms with Crippen LogP contribution in [0.25, 0.3) is 10.8 Å². The molecule has 0 radical (unpaired) electrons. The Morgan fingerprint density at radius 1 is 0.874 bits per heavy atom. The molecule has 5 bridgehead atoms. The zero-order chi connectivity index (χ0) is 65.0. The van der Waals surface area contributed by atoms with Gasteiger partial charge >= 0.3 is 11.8 Å². The molecule has 0 spiro atoms. The molecule has 1 fully saturated rings. The van der Waals surface area contributed by atoms with Crippen LogP contribution in [0, 0.1) is 42.2 Å². The fourth-order valence-electron chi connectivity index (χ4n) is 11.0. The average molecular weight is 1200 g/mol. The van der Waals surface area contributed by atoms with E-state index in [4.69, 9.17) is 26.4 Å². The van der Waals surface area contributed by atoms with Crippen molar-refractivity contribution in [2.24, 2.45) is 23.7 Å². The number of hydrogen-bond donors (Lipinski definition) is 7. The number of anilines is 3. The number of ether oxygens (including phenoxy) is 5. The normalized spacial score (nSPS) is 25.8. The lowest BCUT2D eigenvalue weighted by atomic mass is 9.78. The predicted molar refractivity (Wildman–Crippen MR) is 319 cm³/mol. The van der Waals surface area contributed by atoms with Gasteiger partial charge in [-0.15, -0.1) is 0 Å². The second-order valence-electron chi connectivity index (χ2n) is 22.1. The van der Waals surface area contributed by atoms with E-state index in [0.717, 1.165) is 24.5 Å². The SMILES string of the molecule is [2H]C([2H])(c1ccccc1)C(NC(=O)c1ccccc1F)C(=O)Nc1cc(F)ccc1N1CCN(C(=O)COc2cc3c(O)c4c(O)c(C)c5c(c24)C(=O)[C@@](C)(O/C=C/[C@H](OC)[C@@H](C)[C@@H](OC(C)=O)[C@H](C)[C@H](O)[C@H](C)[C@@H](O)[C@@H](C)/C=C/C=C(/C)C(=O)N3)O5)CC1. The minimum Gasteiger partial charge on any atom is -0.507 e. The van der Waals surface area contributed by atoms with Crippen LogP contribution in [-0.2, 0) is 39.8 Å². The van der Waals surface area contributed by atoms with Crippen molar-refractivity contribution in [1.82, 2.24) is 10.2 Å². The van der Waals surface area contributed by atoms with Gasteiger partial charge in [0.25, 0.3) is 23.5 Å². The number of carbonyl (C=O) groups excluding carboxylic acids is 6. The number of methoxy groups -OCH3 is 1. The van der Waals surface area contributed by atoms with Crippen molar-refractivity contribution in [2.45, 2.75) is 98.0 Å². The molecule has 10 atom stereocenters.